The van der Waals surface area contributed by atoms with Gasteiger partial charge < -0.3 is 15.7 Å². The molecule has 0 aliphatic rings. The van der Waals surface area contributed by atoms with E-state index in [0.717, 1.165) is 0 Å². The van der Waals surface area contributed by atoms with Crippen LogP contribution in [0.3, 0.4) is 0 Å². The zero-order valence-electron chi connectivity index (χ0n) is 12.7. The van der Waals surface area contributed by atoms with Crippen LogP contribution in [0.4, 0.5) is 5.69 Å². The maximum Gasteiger partial charge on any atom is 0.335 e. The molecule has 1 rings (SSSR count). The predicted octanol–water partition coefficient (Wildman–Crippen LogP) is 3.00. The van der Waals surface area contributed by atoms with Gasteiger partial charge in [0.1, 0.15) is 0 Å². The molecule has 0 heterocycles. The lowest BCUT2D eigenvalue weighted by Gasteiger charge is -2.28. The van der Waals surface area contributed by atoms with E-state index < -0.39 is 5.97 Å². The number of rotatable bonds is 5. The van der Waals surface area contributed by atoms with Crippen LogP contribution < -0.4 is 10.6 Å². The summed E-state index contributed by atoms with van der Waals surface area (Å²) in [7, 11) is 0. The molecule has 1 amide bonds. The van der Waals surface area contributed by atoms with Crippen molar-refractivity contribution in [2.45, 2.75) is 33.7 Å². The smallest absolute Gasteiger partial charge is 0.335 e. The van der Waals surface area contributed by atoms with E-state index in [2.05, 4.69) is 31.4 Å². The zero-order chi connectivity index (χ0) is 16.2. The molecule has 0 spiro atoms. The summed E-state index contributed by atoms with van der Waals surface area (Å²) in [5, 5.41) is 15.0. The molecule has 3 N–H and O–H groups in total. The van der Waals surface area contributed by atoms with Crippen molar-refractivity contribution in [1.82, 2.24) is 5.32 Å². The van der Waals surface area contributed by atoms with Gasteiger partial charge in [-0.2, -0.15) is 0 Å². The number of carboxylic acid groups (broad SMARTS) is 1. The summed E-state index contributed by atoms with van der Waals surface area (Å²) in [6.45, 7) is 8.37. The maximum absolute atomic E-state index is 11.9. The van der Waals surface area contributed by atoms with Gasteiger partial charge in [-0.25, -0.2) is 4.79 Å². The first-order valence-corrected chi connectivity index (χ1v) is 7.05. The van der Waals surface area contributed by atoms with Crippen LogP contribution in [0, 0.1) is 5.41 Å². The Kier molecular flexibility index (Phi) is 5.75. The molecule has 1 aromatic carbocycles. The van der Waals surface area contributed by atoms with Gasteiger partial charge in [-0.3, -0.25) is 4.79 Å². The highest BCUT2D eigenvalue weighted by atomic mass is 35.5. The second-order valence-corrected chi connectivity index (χ2v) is 6.42. The van der Waals surface area contributed by atoms with E-state index in [9.17, 15) is 9.59 Å². The number of aromatic carboxylic acids is 1. The molecule has 0 aliphatic heterocycles. The number of benzene rings is 1. The first-order chi connectivity index (χ1) is 9.61. The summed E-state index contributed by atoms with van der Waals surface area (Å²) in [4.78, 5) is 22.8. The number of hydrogen-bond donors (Lipinski definition) is 3. The minimum atomic E-state index is -1.07. The Morgan fingerprint density at radius 2 is 1.95 bits per heavy atom. The molecule has 6 heteroatoms. The average Bonchev–Trinajstić information content (AvgIpc) is 2.37. The number of carbonyl (C=O) groups is 2. The van der Waals surface area contributed by atoms with Crippen molar-refractivity contribution in [2.75, 3.05) is 11.9 Å². The molecule has 0 saturated carbocycles. The summed E-state index contributed by atoms with van der Waals surface area (Å²) >= 11 is 5.95. The summed E-state index contributed by atoms with van der Waals surface area (Å²) < 4.78 is 0. The molecule has 1 aromatic rings. The molecule has 116 valence electrons. The second-order valence-electron chi connectivity index (χ2n) is 6.02. The highest BCUT2D eigenvalue weighted by molar-refractivity contribution is 6.33. The number of nitrogens with one attached hydrogen (secondary N) is 2. The van der Waals surface area contributed by atoms with Crippen LogP contribution in [0.1, 0.15) is 38.1 Å². The Balaban J connectivity index is 2.67. The molecule has 0 saturated heterocycles. The molecule has 0 aliphatic carbocycles. The molecule has 5 nitrogen and oxygen atoms in total. The number of halogens is 1. The number of hydrogen-bond acceptors (Lipinski definition) is 3. The lowest BCUT2D eigenvalue weighted by Crippen LogP contribution is -2.41. The molecule has 21 heavy (non-hydrogen) atoms. The summed E-state index contributed by atoms with van der Waals surface area (Å²) in [6, 6.07) is 4.34. The highest BCUT2D eigenvalue weighted by Crippen LogP contribution is 2.23. The summed E-state index contributed by atoms with van der Waals surface area (Å²) in [5.74, 6) is -1.34. The van der Waals surface area contributed by atoms with E-state index >= 15 is 0 Å². The van der Waals surface area contributed by atoms with Crippen LogP contribution in [0.2, 0.25) is 5.02 Å². The first-order valence-electron chi connectivity index (χ1n) is 6.67. The van der Waals surface area contributed by atoms with E-state index in [1.807, 2.05) is 6.92 Å². The van der Waals surface area contributed by atoms with Crippen LogP contribution in [-0.2, 0) is 4.79 Å². The van der Waals surface area contributed by atoms with E-state index in [4.69, 9.17) is 16.7 Å². The van der Waals surface area contributed by atoms with Crippen molar-refractivity contribution in [3.63, 3.8) is 0 Å². The van der Waals surface area contributed by atoms with Gasteiger partial charge in [0.25, 0.3) is 0 Å². The standard InChI is InChI=1S/C15H21ClN2O3/c1-9(15(2,3)4)17-8-13(19)18-12-7-10(14(20)21)5-6-11(12)16/h5-7,9,17H,8H2,1-4H3,(H,18,19)(H,20,21). The van der Waals surface area contributed by atoms with E-state index in [-0.39, 0.29) is 29.5 Å². The monoisotopic (exact) mass is 312 g/mol. The Bertz CT molecular complexity index is 538. The minimum absolute atomic E-state index is 0.0428. The second kappa shape index (κ2) is 6.91. The van der Waals surface area contributed by atoms with Crippen LogP contribution in [0.25, 0.3) is 0 Å². The van der Waals surface area contributed by atoms with E-state index in [1.54, 1.807) is 0 Å². The van der Waals surface area contributed by atoms with Gasteiger partial charge in [0.15, 0.2) is 0 Å². The van der Waals surface area contributed by atoms with E-state index in [1.165, 1.54) is 18.2 Å². The van der Waals surface area contributed by atoms with Crippen LogP contribution >= 0.6 is 11.6 Å². The van der Waals surface area contributed by atoms with Gasteiger partial charge in [-0.05, 0) is 30.5 Å². The number of amides is 1. The van der Waals surface area contributed by atoms with Crippen molar-refractivity contribution >= 4 is 29.2 Å². The number of anilines is 1. The summed E-state index contributed by atoms with van der Waals surface area (Å²) in [5.41, 5.74) is 0.415. The molecular weight excluding hydrogens is 292 g/mol. The predicted molar refractivity (Wildman–Crippen MR) is 84.0 cm³/mol. The minimum Gasteiger partial charge on any atom is -0.478 e. The Morgan fingerprint density at radius 3 is 2.48 bits per heavy atom. The van der Waals surface area contributed by atoms with Crippen LogP contribution in [-0.4, -0.2) is 29.6 Å². The largest absolute Gasteiger partial charge is 0.478 e. The first kappa shape index (κ1) is 17.5. The molecule has 0 aromatic heterocycles. The van der Waals surface area contributed by atoms with Crippen molar-refractivity contribution in [3.8, 4) is 0 Å². The Morgan fingerprint density at radius 1 is 1.33 bits per heavy atom. The third-order valence-electron chi connectivity index (χ3n) is 3.36. The summed E-state index contributed by atoms with van der Waals surface area (Å²) in [6.07, 6.45) is 0. The lowest BCUT2D eigenvalue weighted by atomic mass is 9.88. The van der Waals surface area contributed by atoms with Crippen LogP contribution in [0.5, 0.6) is 0 Å². The normalized spacial score (nSPS) is 12.8. The highest BCUT2D eigenvalue weighted by Gasteiger charge is 2.20. The molecule has 0 fully saturated rings. The SMILES string of the molecule is CC(NCC(=O)Nc1cc(C(=O)O)ccc1Cl)C(C)(C)C. The number of carbonyl (C=O) groups excluding carboxylic acids is 1. The maximum atomic E-state index is 11.9. The van der Waals surface area contributed by atoms with Crippen molar-refractivity contribution in [1.29, 1.82) is 0 Å². The fourth-order valence-corrected chi connectivity index (χ4v) is 1.67. The molecular formula is C15H21ClN2O3. The fourth-order valence-electron chi connectivity index (χ4n) is 1.50. The third kappa shape index (κ3) is 5.36. The average molecular weight is 313 g/mol. The van der Waals surface area contributed by atoms with Gasteiger partial charge in [-0.1, -0.05) is 32.4 Å². The van der Waals surface area contributed by atoms with E-state index in [0.29, 0.717) is 10.7 Å². The lowest BCUT2D eigenvalue weighted by molar-refractivity contribution is -0.115. The zero-order valence-corrected chi connectivity index (χ0v) is 13.4. The Labute approximate surface area is 129 Å². The third-order valence-corrected chi connectivity index (χ3v) is 3.68. The van der Waals surface area contributed by atoms with Gasteiger partial charge in [0.05, 0.1) is 22.8 Å². The van der Waals surface area contributed by atoms with Crippen molar-refractivity contribution in [2.24, 2.45) is 5.41 Å². The fraction of sp³-hybridized carbons (Fsp3) is 0.467. The molecule has 1 atom stereocenters. The van der Waals surface area contributed by atoms with Gasteiger partial charge in [0.2, 0.25) is 5.91 Å². The van der Waals surface area contributed by atoms with Gasteiger partial charge >= 0.3 is 5.97 Å². The topological polar surface area (TPSA) is 78.4 Å². The molecule has 0 bridgehead atoms. The van der Waals surface area contributed by atoms with Crippen molar-refractivity contribution in [3.05, 3.63) is 28.8 Å². The van der Waals surface area contributed by atoms with Crippen LogP contribution in [0.15, 0.2) is 18.2 Å². The van der Waals surface area contributed by atoms with Crippen molar-refractivity contribution < 1.29 is 14.7 Å². The molecule has 1 unspecified atom stereocenters. The molecule has 0 radical (unpaired) electrons. The number of carboxylic acids is 1. The van der Waals surface area contributed by atoms with Gasteiger partial charge in [0, 0.05) is 6.04 Å². The Hall–Kier alpha value is -1.59. The quantitative estimate of drug-likeness (QED) is 0.781. The van der Waals surface area contributed by atoms with Gasteiger partial charge in [-0.15, -0.1) is 0 Å².